The van der Waals surface area contributed by atoms with Crippen LogP contribution in [0.4, 0.5) is 0 Å². The summed E-state index contributed by atoms with van der Waals surface area (Å²) in [7, 11) is -2.60. The van der Waals surface area contributed by atoms with E-state index in [1.165, 1.54) is 10.4 Å². The lowest BCUT2D eigenvalue weighted by molar-refractivity contribution is 0.0696. The maximum Gasteiger partial charge on any atom is 0.335 e. The quantitative estimate of drug-likeness (QED) is 0.219. The van der Waals surface area contributed by atoms with E-state index in [4.69, 9.17) is 9.16 Å². The van der Waals surface area contributed by atoms with E-state index in [9.17, 15) is 9.90 Å². The average Bonchev–Trinajstić information content (AvgIpc) is 2.91. The number of aromatic carboxylic acids is 1. The Bertz CT molecular complexity index is 1350. The van der Waals surface area contributed by atoms with Crippen LogP contribution in [0.3, 0.4) is 0 Å². The Morgan fingerprint density at radius 1 is 0.846 bits per heavy atom. The normalized spacial score (nSPS) is 12.6. The SMILES string of the molecule is Cc1cc(-c2ccccc2O[C@H](C)CCO[Si](c2ccccc2)(c2ccccc2)C(C)(C)C)ccc1C(=O)O. The zero-order valence-electron chi connectivity index (χ0n) is 23.5. The van der Waals surface area contributed by atoms with Crippen LogP contribution in [-0.2, 0) is 4.43 Å². The molecular weight excluding hydrogens is 500 g/mol. The highest BCUT2D eigenvalue weighted by atomic mass is 28.4. The third-order valence-corrected chi connectivity index (χ3v) is 12.3. The molecule has 5 heteroatoms. The van der Waals surface area contributed by atoms with E-state index >= 15 is 0 Å². The molecule has 0 amide bonds. The number of carboxylic acid groups (broad SMARTS) is 1. The van der Waals surface area contributed by atoms with Crippen molar-refractivity contribution in [2.24, 2.45) is 0 Å². The molecule has 4 aromatic carbocycles. The second kappa shape index (κ2) is 12.0. The van der Waals surface area contributed by atoms with Gasteiger partial charge in [0.15, 0.2) is 0 Å². The summed E-state index contributed by atoms with van der Waals surface area (Å²) in [5.41, 5.74) is 2.91. The van der Waals surface area contributed by atoms with Crippen molar-refractivity contribution in [1.82, 2.24) is 0 Å². The van der Waals surface area contributed by atoms with E-state index < -0.39 is 14.3 Å². The molecule has 0 unspecified atom stereocenters. The molecule has 0 spiro atoms. The molecule has 0 aromatic heterocycles. The third kappa shape index (κ3) is 6.16. The van der Waals surface area contributed by atoms with Gasteiger partial charge in [-0.2, -0.15) is 0 Å². The molecule has 39 heavy (non-hydrogen) atoms. The molecule has 0 radical (unpaired) electrons. The maximum absolute atomic E-state index is 11.5. The molecule has 1 N–H and O–H groups in total. The number of rotatable bonds is 10. The largest absolute Gasteiger partial charge is 0.490 e. The van der Waals surface area contributed by atoms with Crippen LogP contribution in [0, 0.1) is 6.92 Å². The molecule has 0 bridgehead atoms. The standard InChI is InChI=1S/C34H38O4Si/c1-25-24-27(20-21-30(25)33(35)36)31-18-12-13-19-32(31)38-26(2)22-23-37-39(34(3,4)5,28-14-8-6-9-15-28)29-16-10-7-11-17-29/h6-21,24,26H,22-23H2,1-5H3,(H,35,36)/t26-/m1/s1. The highest BCUT2D eigenvalue weighted by molar-refractivity contribution is 6.99. The van der Waals surface area contributed by atoms with Gasteiger partial charge in [-0.25, -0.2) is 4.79 Å². The fourth-order valence-corrected chi connectivity index (χ4v) is 9.87. The monoisotopic (exact) mass is 538 g/mol. The second-order valence-corrected chi connectivity index (χ2v) is 15.4. The van der Waals surface area contributed by atoms with E-state index in [2.05, 4.69) is 88.4 Å². The summed E-state index contributed by atoms with van der Waals surface area (Å²) < 4.78 is 13.5. The highest BCUT2D eigenvalue weighted by Gasteiger charge is 2.50. The molecule has 4 rings (SSSR count). The fourth-order valence-electron chi connectivity index (χ4n) is 5.29. The van der Waals surface area contributed by atoms with Gasteiger partial charge in [-0.05, 0) is 52.5 Å². The molecule has 4 aromatic rings. The van der Waals surface area contributed by atoms with Crippen LogP contribution in [0.5, 0.6) is 5.75 Å². The fraction of sp³-hybridized carbons (Fsp3) is 0.265. The van der Waals surface area contributed by atoms with E-state index in [1.807, 2.05) is 43.3 Å². The van der Waals surface area contributed by atoms with Gasteiger partial charge in [0, 0.05) is 18.6 Å². The first-order chi connectivity index (χ1) is 18.6. The molecule has 0 aliphatic rings. The number of para-hydroxylation sites is 1. The van der Waals surface area contributed by atoms with Crippen molar-refractivity contribution >= 4 is 24.7 Å². The molecule has 202 valence electrons. The van der Waals surface area contributed by atoms with Crippen molar-refractivity contribution in [1.29, 1.82) is 0 Å². The van der Waals surface area contributed by atoms with Crippen molar-refractivity contribution in [2.45, 2.75) is 52.2 Å². The molecule has 0 saturated heterocycles. The smallest absolute Gasteiger partial charge is 0.335 e. The summed E-state index contributed by atoms with van der Waals surface area (Å²) in [4.78, 5) is 11.5. The summed E-state index contributed by atoms with van der Waals surface area (Å²) in [5.74, 6) is -0.143. The minimum Gasteiger partial charge on any atom is -0.490 e. The van der Waals surface area contributed by atoms with Crippen molar-refractivity contribution in [3.63, 3.8) is 0 Å². The summed E-state index contributed by atoms with van der Waals surface area (Å²) in [6.45, 7) is 11.3. The van der Waals surface area contributed by atoms with Gasteiger partial charge >= 0.3 is 5.97 Å². The molecule has 0 heterocycles. The number of ether oxygens (including phenoxy) is 1. The number of carboxylic acids is 1. The van der Waals surface area contributed by atoms with Gasteiger partial charge in [0.05, 0.1) is 11.7 Å². The maximum atomic E-state index is 11.5. The van der Waals surface area contributed by atoms with E-state index in [0.29, 0.717) is 12.2 Å². The van der Waals surface area contributed by atoms with Crippen LogP contribution in [0.2, 0.25) is 5.04 Å². The third-order valence-electron chi connectivity index (χ3n) is 7.24. The van der Waals surface area contributed by atoms with Crippen LogP contribution < -0.4 is 15.1 Å². The lowest BCUT2D eigenvalue weighted by Crippen LogP contribution is -2.66. The molecule has 0 aliphatic heterocycles. The predicted molar refractivity (Wildman–Crippen MR) is 162 cm³/mol. The summed E-state index contributed by atoms with van der Waals surface area (Å²) in [6.07, 6.45) is 0.652. The van der Waals surface area contributed by atoms with Gasteiger partial charge in [-0.3, -0.25) is 0 Å². The van der Waals surface area contributed by atoms with Gasteiger partial charge in [-0.1, -0.05) is 112 Å². The van der Waals surface area contributed by atoms with Crippen LogP contribution in [-0.4, -0.2) is 32.1 Å². The molecule has 0 saturated carbocycles. The number of hydrogen-bond donors (Lipinski definition) is 1. The van der Waals surface area contributed by atoms with Gasteiger partial charge in [0.1, 0.15) is 5.75 Å². The molecule has 4 nitrogen and oxygen atoms in total. The van der Waals surface area contributed by atoms with Crippen LogP contribution in [0.1, 0.15) is 50.0 Å². The highest BCUT2D eigenvalue weighted by Crippen LogP contribution is 2.37. The average molecular weight is 539 g/mol. The minimum absolute atomic E-state index is 0.0770. The van der Waals surface area contributed by atoms with Crippen LogP contribution >= 0.6 is 0 Å². The minimum atomic E-state index is -2.60. The zero-order valence-corrected chi connectivity index (χ0v) is 24.5. The Kier molecular flexibility index (Phi) is 8.73. The van der Waals surface area contributed by atoms with E-state index in [1.54, 1.807) is 6.07 Å². The molecule has 0 fully saturated rings. The van der Waals surface area contributed by atoms with Gasteiger partial charge in [0.25, 0.3) is 8.32 Å². The molecule has 1 atom stereocenters. The Balaban J connectivity index is 1.55. The molecule has 0 aliphatic carbocycles. The van der Waals surface area contributed by atoms with E-state index in [0.717, 1.165) is 28.9 Å². The zero-order chi connectivity index (χ0) is 28.0. The number of benzene rings is 4. The van der Waals surface area contributed by atoms with Crippen molar-refractivity contribution in [3.05, 3.63) is 114 Å². The Morgan fingerprint density at radius 3 is 1.95 bits per heavy atom. The number of carbonyl (C=O) groups is 1. The predicted octanol–water partition coefficient (Wildman–Crippen LogP) is 7.09. The second-order valence-electron chi connectivity index (χ2n) is 11.1. The first kappa shape index (κ1) is 28.3. The number of hydrogen-bond acceptors (Lipinski definition) is 3. The summed E-state index contributed by atoms with van der Waals surface area (Å²) >= 11 is 0. The lowest BCUT2D eigenvalue weighted by atomic mass is 9.99. The van der Waals surface area contributed by atoms with Gasteiger partial charge in [-0.15, -0.1) is 0 Å². The van der Waals surface area contributed by atoms with Crippen molar-refractivity contribution < 1.29 is 19.1 Å². The topological polar surface area (TPSA) is 55.8 Å². The lowest BCUT2D eigenvalue weighted by Gasteiger charge is -2.43. The Hall–Kier alpha value is -3.67. The van der Waals surface area contributed by atoms with E-state index in [-0.39, 0.29) is 11.1 Å². The Morgan fingerprint density at radius 2 is 1.41 bits per heavy atom. The summed E-state index contributed by atoms with van der Waals surface area (Å²) in [5, 5.41) is 11.9. The van der Waals surface area contributed by atoms with Crippen molar-refractivity contribution in [3.8, 4) is 16.9 Å². The van der Waals surface area contributed by atoms with Gasteiger partial charge in [0.2, 0.25) is 0 Å². The van der Waals surface area contributed by atoms with Crippen LogP contribution in [0.25, 0.3) is 11.1 Å². The van der Waals surface area contributed by atoms with Gasteiger partial charge < -0.3 is 14.3 Å². The Labute approximate surface area is 233 Å². The molecular formula is C34H38O4Si. The number of aryl methyl sites for hydroxylation is 1. The summed E-state index contributed by atoms with van der Waals surface area (Å²) in [6, 6.07) is 34.7. The van der Waals surface area contributed by atoms with Crippen LogP contribution in [0.15, 0.2) is 103 Å². The first-order valence-electron chi connectivity index (χ1n) is 13.5. The van der Waals surface area contributed by atoms with Crippen molar-refractivity contribution in [2.75, 3.05) is 6.61 Å². The first-order valence-corrected chi connectivity index (χ1v) is 15.4.